The predicted octanol–water partition coefficient (Wildman–Crippen LogP) is 6.02. The van der Waals surface area contributed by atoms with Crippen molar-refractivity contribution in [3.8, 4) is 0 Å². The second-order valence-electron chi connectivity index (χ2n) is 10.2. The van der Waals surface area contributed by atoms with Gasteiger partial charge in [-0.3, -0.25) is 14.9 Å². The van der Waals surface area contributed by atoms with Crippen LogP contribution in [0.5, 0.6) is 0 Å². The number of H-pyrrole nitrogens is 1. The molecule has 3 N–H and O–H groups in total. The Morgan fingerprint density at radius 1 is 1.11 bits per heavy atom. The number of aromatic amines is 1. The van der Waals surface area contributed by atoms with Crippen LogP contribution >= 0.6 is 11.3 Å². The molecule has 7 heteroatoms. The number of para-hydroxylation sites is 2. The highest BCUT2D eigenvalue weighted by Gasteiger charge is 2.43. The van der Waals surface area contributed by atoms with Crippen molar-refractivity contribution in [3.05, 3.63) is 82.8 Å². The molecule has 0 fully saturated rings. The molecule has 1 aliphatic heterocycles. The molecule has 2 aromatic carbocycles. The van der Waals surface area contributed by atoms with Crippen LogP contribution in [0, 0.1) is 5.41 Å². The fraction of sp³-hybridized carbons (Fsp3) is 0.250. The zero-order valence-corrected chi connectivity index (χ0v) is 20.7. The van der Waals surface area contributed by atoms with Crippen LogP contribution in [0.3, 0.4) is 0 Å². The molecule has 2 aliphatic rings. The molecule has 4 aromatic rings. The Bertz CT molecular complexity index is 1550. The first kappa shape index (κ1) is 21.8. The number of rotatable bonds is 3. The average Bonchev–Trinajstić information content (AvgIpc) is 3.40. The molecule has 3 heterocycles. The van der Waals surface area contributed by atoms with Crippen LogP contribution in [-0.4, -0.2) is 21.7 Å². The Labute approximate surface area is 207 Å². The largest absolute Gasteiger partial charge is 0.362 e. The van der Waals surface area contributed by atoms with Gasteiger partial charge in [-0.05, 0) is 42.5 Å². The maximum atomic E-state index is 13.8. The third-order valence-electron chi connectivity index (χ3n) is 6.93. The number of allylic oxidation sites excluding steroid dienone is 3. The number of hydrogen-bond acceptors (Lipinski definition) is 5. The summed E-state index contributed by atoms with van der Waals surface area (Å²) in [4.78, 5) is 35.3. The van der Waals surface area contributed by atoms with Gasteiger partial charge in [0.05, 0.1) is 10.2 Å². The van der Waals surface area contributed by atoms with Crippen molar-refractivity contribution in [3.63, 3.8) is 0 Å². The standard InChI is InChI=1S/C28H26N4O2S/c1-15-23(26(34)32-27-31-19-10-6-7-11-22(19)35-27)24(17-14-29-18-9-5-4-8-16(17)18)25-20(30-15)12-28(2,3)13-21(25)33/h4-11,14,24,29-30H,12-13H2,1-3H3,(H,31,32,34). The monoisotopic (exact) mass is 482 g/mol. The third-order valence-corrected chi connectivity index (χ3v) is 7.88. The molecule has 0 saturated heterocycles. The van der Waals surface area contributed by atoms with Crippen LogP contribution in [0.15, 0.2) is 77.3 Å². The van der Waals surface area contributed by atoms with Crippen molar-refractivity contribution < 1.29 is 9.59 Å². The number of amides is 1. The van der Waals surface area contributed by atoms with Crippen LogP contribution in [0.4, 0.5) is 5.13 Å². The van der Waals surface area contributed by atoms with Crippen molar-refractivity contribution in [2.24, 2.45) is 5.41 Å². The summed E-state index contributed by atoms with van der Waals surface area (Å²) in [5.41, 5.74) is 5.60. The van der Waals surface area contributed by atoms with Gasteiger partial charge >= 0.3 is 0 Å². The van der Waals surface area contributed by atoms with Crippen LogP contribution in [0.1, 0.15) is 45.1 Å². The molecule has 176 valence electrons. The van der Waals surface area contributed by atoms with Crippen molar-refractivity contribution in [2.75, 3.05) is 5.32 Å². The Hall–Kier alpha value is -3.71. The van der Waals surface area contributed by atoms with Gasteiger partial charge in [0, 0.05) is 52.0 Å². The van der Waals surface area contributed by atoms with E-state index in [-0.39, 0.29) is 17.1 Å². The molecule has 1 aliphatic carbocycles. The van der Waals surface area contributed by atoms with Gasteiger partial charge in [-0.25, -0.2) is 4.98 Å². The van der Waals surface area contributed by atoms with Gasteiger partial charge in [-0.1, -0.05) is 55.5 Å². The maximum absolute atomic E-state index is 13.8. The molecule has 0 spiro atoms. The number of Topliss-reactive ketones (excluding diaryl/α,β-unsaturated/α-hetero) is 1. The number of thiazole rings is 1. The van der Waals surface area contributed by atoms with E-state index in [4.69, 9.17) is 0 Å². The van der Waals surface area contributed by atoms with E-state index in [2.05, 4.69) is 34.4 Å². The van der Waals surface area contributed by atoms with E-state index in [0.717, 1.165) is 44.5 Å². The number of nitrogens with one attached hydrogen (secondary N) is 3. The molecule has 1 unspecified atom stereocenters. The zero-order chi connectivity index (χ0) is 24.3. The summed E-state index contributed by atoms with van der Waals surface area (Å²) in [5, 5.41) is 8.02. The van der Waals surface area contributed by atoms with Crippen LogP contribution in [0.2, 0.25) is 0 Å². The molecular weight excluding hydrogens is 456 g/mol. The number of hydrogen-bond donors (Lipinski definition) is 3. The van der Waals surface area contributed by atoms with E-state index in [1.54, 1.807) is 0 Å². The summed E-state index contributed by atoms with van der Waals surface area (Å²) >= 11 is 1.44. The highest BCUT2D eigenvalue weighted by atomic mass is 32.1. The minimum atomic E-state index is -0.458. The van der Waals surface area contributed by atoms with Crippen LogP contribution in [-0.2, 0) is 9.59 Å². The quantitative estimate of drug-likeness (QED) is 0.333. The SMILES string of the molecule is CC1=C(C(=O)Nc2nc3ccccc3s2)C(c2c[nH]c3ccccc23)C2=C(CC(C)(C)CC2=O)N1. The van der Waals surface area contributed by atoms with Crippen LogP contribution in [0.25, 0.3) is 21.1 Å². The predicted molar refractivity (Wildman–Crippen MR) is 140 cm³/mol. The minimum Gasteiger partial charge on any atom is -0.362 e. The molecule has 0 radical (unpaired) electrons. The number of carbonyl (C=O) groups excluding carboxylic acids is 2. The number of anilines is 1. The van der Waals surface area contributed by atoms with Gasteiger partial charge in [0.25, 0.3) is 5.91 Å². The van der Waals surface area contributed by atoms with Gasteiger partial charge < -0.3 is 10.3 Å². The molecule has 35 heavy (non-hydrogen) atoms. The number of fused-ring (bicyclic) bond motifs is 2. The maximum Gasteiger partial charge on any atom is 0.256 e. The second kappa shape index (κ2) is 7.92. The summed E-state index contributed by atoms with van der Waals surface area (Å²) in [6.45, 7) is 6.15. The summed E-state index contributed by atoms with van der Waals surface area (Å²) in [6.07, 6.45) is 3.16. The normalized spacial score (nSPS) is 19.7. The lowest BCUT2D eigenvalue weighted by molar-refractivity contribution is -0.118. The van der Waals surface area contributed by atoms with Crippen molar-refractivity contribution in [1.29, 1.82) is 0 Å². The lowest BCUT2D eigenvalue weighted by atomic mass is 9.68. The summed E-state index contributed by atoms with van der Waals surface area (Å²) < 4.78 is 1.01. The van der Waals surface area contributed by atoms with Crippen molar-refractivity contribution >= 4 is 49.3 Å². The second-order valence-corrected chi connectivity index (χ2v) is 11.2. The van der Waals surface area contributed by atoms with Gasteiger partial charge in [0.15, 0.2) is 10.9 Å². The minimum absolute atomic E-state index is 0.0943. The summed E-state index contributed by atoms with van der Waals surface area (Å²) in [6, 6.07) is 15.8. The fourth-order valence-electron chi connectivity index (χ4n) is 5.47. The summed E-state index contributed by atoms with van der Waals surface area (Å²) in [7, 11) is 0. The lowest BCUT2D eigenvalue weighted by Crippen LogP contribution is -2.39. The number of aromatic nitrogens is 2. The molecule has 0 bridgehead atoms. The highest BCUT2D eigenvalue weighted by molar-refractivity contribution is 7.22. The number of carbonyl (C=O) groups is 2. The summed E-state index contributed by atoms with van der Waals surface area (Å²) in [5.74, 6) is -0.606. The van der Waals surface area contributed by atoms with E-state index in [9.17, 15) is 9.59 Å². The van der Waals surface area contributed by atoms with Crippen molar-refractivity contribution in [1.82, 2.24) is 15.3 Å². The first-order chi connectivity index (χ1) is 16.8. The molecule has 2 aromatic heterocycles. The lowest BCUT2D eigenvalue weighted by Gasteiger charge is -2.39. The third kappa shape index (κ3) is 3.67. The molecule has 1 amide bonds. The molecule has 1 atom stereocenters. The highest BCUT2D eigenvalue weighted by Crippen LogP contribution is 2.48. The van der Waals surface area contributed by atoms with Gasteiger partial charge in [0.1, 0.15) is 0 Å². The number of nitrogens with zero attached hydrogens (tertiary/aromatic N) is 1. The number of dihydropyridines is 1. The Morgan fingerprint density at radius 2 is 1.89 bits per heavy atom. The van der Waals surface area contributed by atoms with Gasteiger partial charge in [0.2, 0.25) is 0 Å². The van der Waals surface area contributed by atoms with Gasteiger partial charge in [-0.2, -0.15) is 0 Å². The smallest absolute Gasteiger partial charge is 0.256 e. The van der Waals surface area contributed by atoms with Crippen LogP contribution < -0.4 is 10.6 Å². The van der Waals surface area contributed by atoms with E-state index in [1.165, 1.54) is 11.3 Å². The van der Waals surface area contributed by atoms with Gasteiger partial charge in [-0.15, -0.1) is 0 Å². The molecule has 6 rings (SSSR count). The van der Waals surface area contributed by atoms with E-state index in [0.29, 0.717) is 22.7 Å². The number of benzene rings is 2. The fourth-order valence-corrected chi connectivity index (χ4v) is 6.33. The Kier molecular flexibility index (Phi) is 4.93. The average molecular weight is 483 g/mol. The Balaban J connectivity index is 1.48. The molecule has 6 nitrogen and oxygen atoms in total. The first-order valence-electron chi connectivity index (χ1n) is 11.8. The molecule has 0 saturated carbocycles. The van der Waals surface area contributed by atoms with E-state index < -0.39 is 5.92 Å². The Morgan fingerprint density at radius 3 is 2.71 bits per heavy atom. The van der Waals surface area contributed by atoms with E-state index in [1.807, 2.05) is 61.7 Å². The number of ketones is 1. The van der Waals surface area contributed by atoms with Crippen molar-refractivity contribution in [2.45, 2.75) is 39.5 Å². The topological polar surface area (TPSA) is 86.9 Å². The first-order valence-corrected chi connectivity index (χ1v) is 12.6. The zero-order valence-electron chi connectivity index (χ0n) is 19.9. The molecular formula is C28H26N4O2S. The van der Waals surface area contributed by atoms with E-state index >= 15 is 0 Å².